The highest BCUT2D eigenvalue weighted by atomic mass is 35.5. The van der Waals surface area contributed by atoms with Gasteiger partial charge in [-0.1, -0.05) is 29.8 Å². The van der Waals surface area contributed by atoms with E-state index in [-0.39, 0.29) is 29.4 Å². The number of hydrogen-bond donors (Lipinski definition) is 0. The average molecular weight is 384 g/mol. The minimum atomic E-state index is -0.807. The van der Waals surface area contributed by atoms with E-state index in [4.69, 9.17) is 39.5 Å². The lowest BCUT2D eigenvalue weighted by atomic mass is 9.98. The summed E-state index contributed by atoms with van der Waals surface area (Å²) >= 11 is 17.7. The van der Waals surface area contributed by atoms with Gasteiger partial charge in [-0.05, 0) is 36.8 Å². The number of carbonyl (C=O) groups excluding carboxylic acids is 2. The summed E-state index contributed by atoms with van der Waals surface area (Å²) < 4.78 is 4.45. The molecule has 0 aliphatic heterocycles. The molecule has 1 saturated carbocycles. The summed E-state index contributed by atoms with van der Waals surface area (Å²) in [5.41, 5.74) is 0.943. The van der Waals surface area contributed by atoms with Gasteiger partial charge in [0.2, 0.25) is 0 Å². The number of halogens is 3. The Balaban J connectivity index is 1.78. The molecule has 0 unspecified atom stereocenters. The topological polar surface area (TPSA) is 43.4 Å². The second kappa shape index (κ2) is 6.75. The van der Waals surface area contributed by atoms with Crippen molar-refractivity contribution in [3.8, 4) is 0 Å². The third-order valence-electron chi connectivity index (χ3n) is 3.87. The maximum Gasteiger partial charge on any atom is 0.338 e. The van der Waals surface area contributed by atoms with Crippen LogP contribution in [0.15, 0.2) is 48.5 Å². The normalized spacial score (nSPS) is 18.0. The minimum Gasteiger partial charge on any atom is -0.462 e. The predicted molar refractivity (Wildman–Crippen MR) is 94.2 cm³/mol. The molecule has 1 aliphatic rings. The van der Waals surface area contributed by atoms with Crippen LogP contribution in [0.2, 0.25) is 5.02 Å². The largest absolute Gasteiger partial charge is 0.462 e. The van der Waals surface area contributed by atoms with Crippen molar-refractivity contribution < 1.29 is 14.3 Å². The first kappa shape index (κ1) is 17.3. The van der Waals surface area contributed by atoms with E-state index in [2.05, 4.69) is 0 Å². The van der Waals surface area contributed by atoms with E-state index in [1.807, 2.05) is 0 Å². The van der Waals surface area contributed by atoms with E-state index < -0.39 is 10.3 Å². The Morgan fingerprint density at radius 1 is 1.04 bits per heavy atom. The van der Waals surface area contributed by atoms with Gasteiger partial charge in [-0.15, -0.1) is 23.2 Å². The van der Waals surface area contributed by atoms with E-state index in [9.17, 15) is 9.59 Å². The number of carbonyl (C=O) groups is 2. The SMILES string of the molecule is O=C(OC[C@@H]1CC1(Cl)Cl)c1ccccc1C(=O)c1ccc(Cl)cc1. The van der Waals surface area contributed by atoms with Crippen molar-refractivity contribution in [2.24, 2.45) is 5.92 Å². The van der Waals surface area contributed by atoms with Gasteiger partial charge >= 0.3 is 5.97 Å². The first-order valence-electron chi connectivity index (χ1n) is 7.33. The zero-order chi connectivity index (χ0) is 17.3. The van der Waals surface area contributed by atoms with Crippen molar-refractivity contribution in [3.05, 3.63) is 70.2 Å². The number of esters is 1. The second-order valence-electron chi connectivity index (χ2n) is 5.64. The fourth-order valence-corrected chi connectivity index (χ4v) is 2.94. The molecule has 124 valence electrons. The van der Waals surface area contributed by atoms with Crippen LogP contribution in [-0.2, 0) is 4.74 Å². The standard InChI is InChI=1S/C18H13Cl3O3/c19-13-7-5-11(6-8-13)16(22)14-3-1-2-4-15(14)17(23)24-10-12-9-18(12,20)21/h1-8,12H,9-10H2/t12-/m0/s1. The lowest BCUT2D eigenvalue weighted by Crippen LogP contribution is -2.14. The van der Waals surface area contributed by atoms with Crippen molar-refractivity contribution in [2.45, 2.75) is 10.8 Å². The van der Waals surface area contributed by atoms with Crippen molar-refractivity contribution in [3.63, 3.8) is 0 Å². The number of ketones is 1. The Morgan fingerprint density at radius 2 is 1.62 bits per heavy atom. The number of ether oxygens (including phenoxy) is 1. The van der Waals surface area contributed by atoms with Gasteiger partial charge in [0.05, 0.1) is 12.2 Å². The lowest BCUT2D eigenvalue weighted by Gasteiger charge is -2.09. The van der Waals surface area contributed by atoms with Gasteiger partial charge in [0.15, 0.2) is 5.78 Å². The maximum atomic E-state index is 12.6. The molecule has 24 heavy (non-hydrogen) atoms. The van der Waals surface area contributed by atoms with Gasteiger partial charge in [0.1, 0.15) is 4.33 Å². The zero-order valence-corrected chi connectivity index (χ0v) is 14.7. The highest BCUT2D eigenvalue weighted by Gasteiger charge is 2.52. The number of rotatable bonds is 5. The summed E-state index contributed by atoms with van der Waals surface area (Å²) in [6.45, 7) is 0.134. The molecule has 2 aromatic carbocycles. The third kappa shape index (κ3) is 3.75. The molecule has 0 heterocycles. The van der Waals surface area contributed by atoms with Crippen molar-refractivity contribution in [1.82, 2.24) is 0 Å². The Hall–Kier alpha value is -1.55. The lowest BCUT2D eigenvalue weighted by molar-refractivity contribution is 0.0482. The molecule has 6 heteroatoms. The van der Waals surface area contributed by atoms with Crippen LogP contribution in [0.4, 0.5) is 0 Å². The number of hydrogen-bond acceptors (Lipinski definition) is 3. The van der Waals surface area contributed by atoms with Crippen LogP contribution in [0.3, 0.4) is 0 Å². The molecule has 0 aromatic heterocycles. The zero-order valence-electron chi connectivity index (χ0n) is 12.5. The third-order valence-corrected chi connectivity index (χ3v) is 5.05. The molecular formula is C18H13Cl3O3. The first-order chi connectivity index (χ1) is 11.4. The van der Waals surface area contributed by atoms with Crippen molar-refractivity contribution >= 4 is 46.6 Å². The first-order valence-corrected chi connectivity index (χ1v) is 8.46. The van der Waals surface area contributed by atoms with Crippen LogP contribution in [0.1, 0.15) is 32.7 Å². The molecule has 0 N–H and O–H groups in total. The molecular weight excluding hydrogens is 371 g/mol. The van der Waals surface area contributed by atoms with Gasteiger partial charge in [0.25, 0.3) is 0 Å². The summed E-state index contributed by atoms with van der Waals surface area (Å²) in [6, 6.07) is 13.0. The smallest absolute Gasteiger partial charge is 0.338 e. The van der Waals surface area contributed by atoms with Crippen LogP contribution >= 0.6 is 34.8 Å². The second-order valence-corrected chi connectivity index (χ2v) is 7.62. The van der Waals surface area contributed by atoms with E-state index in [0.717, 1.165) is 0 Å². The fraction of sp³-hybridized carbons (Fsp3) is 0.222. The summed E-state index contributed by atoms with van der Waals surface area (Å²) in [7, 11) is 0. The van der Waals surface area contributed by atoms with E-state index in [0.29, 0.717) is 17.0 Å². The summed E-state index contributed by atoms with van der Waals surface area (Å²) in [5, 5.41) is 0.536. The van der Waals surface area contributed by atoms with Gasteiger partial charge < -0.3 is 4.74 Å². The molecule has 0 radical (unpaired) electrons. The van der Waals surface area contributed by atoms with E-state index in [1.165, 1.54) is 0 Å². The average Bonchev–Trinajstić information content (AvgIpc) is 3.19. The number of alkyl halides is 2. The Bertz CT molecular complexity index is 784. The van der Waals surface area contributed by atoms with Gasteiger partial charge in [0, 0.05) is 22.1 Å². The van der Waals surface area contributed by atoms with E-state index >= 15 is 0 Å². The fourth-order valence-electron chi connectivity index (χ4n) is 2.32. The molecule has 3 nitrogen and oxygen atoms in total. The van der Waals surface area contributed by atoms with Crippen LogP contribution in [-0.4, -0.2) is 22.7 Å². The molecule has 0 bridgehead atoms. The molecule has 1 atom stereocenters. The summed E-state index contributed by atoms with van der Waals surface area (Å²) in [6.07, 6.45) is 0.592. The van der Waals surface area contributed by atoms with Crippen molar-refractivity contribution in [2.75, 3.05) is 6.61 Å². The Labute approximate surface area is 154 Å². The molecule has 2 aromatic rings. The minimum absolute atomic E-state index is 0.0658. The van der Waals surface area contributed by atoms with Crippen molar-refractivity contribution in [1.29, 1.82) is 0 Å². The molecule has 0 saturated heterocycles. The molecule has 3 rings (SSSR count). The highest BCUT2D eigenvalue weighted by Crippen LogP contribution is 2.53. The van der Waals surface area contributed by atoms with Crippen LogP contribution in [0.5, 0.6) is 0 Å². The summed E-state index contributed by atoms with van der Waals surface area (Å²) in [5.74, 6) is -0.900. The highest BCUT2D eigenvalue weighted by molar-refractivity contribution is 6.50. The monoisotopic (exact) mass is 382 g/mol. The van der Waals surface area contributed by atoms with Crippen LogP contribution in [0, 0.1) is 5.92 Å². The maximum absolute atomic E-state index is 12.6. The molecule has 1 aliphatic carbocycles. The van der Waals surface area contributed by atoms with Gasteiger partial charge in [-0.25, -0.2) is 4.79 Å². The molecule has 0 spiro atoms. The molecule has 1 fully saturated rings. The van der Waals surface area contributed by atoms with Gasteiger partial charge in [-0.2, -0.15) is 0 Å². The van der Waals surface area contributed by atoms with Crippen LogP contribution in [0.25, 0.3) is 0 Å². The van der Waals surface area contributed by atoms with Crippen LogP contribution < -0.4 is 0 Å². The van der Waals surface area contributed by atoms with Gasteiger partial charge in [-0.3, -0.25) is 4.79 Å². The predicted octanol–water partition coefficient (Wildman–Crippen LogP) is 4.92. The molecule has 0 amide bonds. The Morgan fingerprint density at radius 3 is 2.21 bits per heavy atom. The quantitative estimate of drug-likeness (QED) is 0.418. The number of benzene rings is 2. The Kier molecular flexibility index (Phi) is 4.86. The summed E-state index contributed by atoms with van der Waals surface area (Å²) in [4.78, 5) is 25.0. The van der Waals surface area contributed by atoms with E-state index in [1.54, 1.807) is 48.5 Å².